The van der Waals surface area contributed by atoms with Gasteiger partial charge in [0.1, 0.15) is 0 Å². The summed E-state index contributed by atoms with van der Waals surface area (Å²) in [5.74, 6) is 0.462. The van der Waals surface area contributed by atoms with Crippen molar-refractivity contribution in [2.24, 2.45) is 0 Å². The van der Waals surface area contributed by atoms with Crippen LogP contribution in [0.3, 0.4) is 0 Å². The van der Waals surface area contributed by atoms with Crippen molar-refractivity contribution in [3.05, 3.63) is 35.4 Å². The van der Waals surface area contributed by atoms with Crippen LogP contribution in [0, 0.1) is 0 Å². The second kappa shape index (κ2) is 4.50. The first-order valence-electron chi connectivity index (χ1n) is 6.20. The van der Waals surface area contributed by atoms with E-state index in [0.717, 1.165) is 18.4 Å². The molecule has 0 heterocycles. The van der Waals surface area contributed by atoms with E-state index in [2.05, 4.69) is 0 Å². The first-order valence-corrected chi connectivity index (χ1v) is 8.03. The minimum Gasteiger partial charge on any atom is -0.295 e. The van der Waals surface area contributed by atoms with E-state index >= 15 is 0 Å². The molecule has 0 unspecified atom stereocenters. The van der Waals surface area contributed by atoms with Gasteiger partial charge in [-0.1, -0.05) is 31.2 Å². The summed E-state index contributed by atoms with van der Waals surface area (Å²) in [6.45, 7) is 3.22. The molecule has 0 saturated heterocycles. The Morgan fingerprint density at radius 2 is 1.78 bits per heavy atom. The first kappa shape index (κ1) is 13.3. The molecule has 0 bridgehead atoms. The second-order valence-corrected chi connectivity index (χ2v) is 7.44. The van der Waals surface area contributed by atoms with Crippen LogP contribution in [0.25, 0.3) is 0 Å². The van der Waals surface area contributed by atoms with Gasteiger partial charge in [-0.2, -0.15) is 0 Å². The molecule has 0 N–H and O–H groups in total. The van der Waals surface area contributed by atoms with Crippen molar-refractivity contribution in [2.45, 2.75) is 32.1 Å². The normalized spacial score (nSPS) is 17.4. The van der Waals surface area contributed by atoms with E-state index in [-0.39, 0.29) is 22.7 Å². The molecule has 0 amide bonds. The summed E-state index contributed by atoms with van der Waals surface area (Å²) in [4.78, 5) is 11.2. The number of hydrogen-bond acceptors (Lipinski definition) is 3. The number of rotatable bonds is 5. The summed E-state index contributed by atoms with van der Waals surface area (Å²) in [6, 6.07) is 7.37. The lowest BCUT2D eigenvalue weighted by Crippen LogP contribution is -2.22. The molecule has 4 heteroatoms. The van der Waals surface area contributed by atoms with Crippen molar-refractivity contribution in [1.82, 2.24) is 0 Å². The molecule has 0 spiro atoms. The molecule has 1 fully saturated rings. The molecule has 1 aromatic rings. The number of carbonyl (C=O) groups excluding carboxylic acids is 1. The number of carbonyl (C=O) groups is 1. The maximum Gasteiger partial charge on any atom is 0.159 e. The number of hydrogen-bond donors (Lipinski definition) is 0. The summed E-state index contributed by atoms with van der Waals surface area (Å²) in [7, 11) is -2.96. The van der Waals surface area contributed by atoms with Crippen LogP contribution < -0.4 is 0 Å². The molecule has 0 aromatic heterocycles. The fourth-order valence-electron chi connectivity index (χ4n) is 2.25. The quantitative estimate of drug-likeness (QED) is 0.769. The summed E-state index contributed by atoms with van der Waals surface area (Å²) in [6.07, 6.45) is 1.84. The predicted octanol–water partition coefficient (Wildman–Crippen LogP) is 2.36. The zero-order chi connectivity index (χ0) is 13.4. The van der Waals surface area contributed by atoms with Gasteiger partial charge in [0.05, 0.1) is 5.75 Å². The zero-order valence-corrected chi connectivity index (χ0v) is 11.6. The number of benzene rings is 1. The molecule has 1 aliphatic rings. The molecule has 1 aliphatic carbocycles. The summed E-state index contributed by atoms with van der Waals surface area (Å²) in [5.41, 5.74) is 1.53. The average molecular weight is 266 g/mol. The molecule has 0 radical (unpaired) electrons. The van der Waals surface area contributed by atoms with Crippen LogP contribution in [-0.2, 0) is 15.3 Å². The van der Waals surface area contributed by atoms with Gasteiger partial charge in [-0.15, -0.1) is 0 Å². The van der Waals surface area contributed by atoms with E-state index in [1.807, 2.05) is 12.1 Å². The summed E-state index contributed by atoms with van der Waals surface area (Å²) in [5, 5.41) is 0. The van der Waals surface area contributed by atoms with Crippen LogP contribution in [0.4, 0.5) is 0 Å². The molecular weight excluding hydrogens is 248 g/mol. The summed E-state index contributed by atoms with van der Waals surface area (Å²) >= 11 is 0. The number of Topliss-reactive ketones (excluding diaryl/α,β-unsaturated/α-hetero) is 1. The molecule has 1 saturated carbocycles. The topological polar surface area (TPSA) is 51.2 Å². The van der Waals surface area contributed by atoms with E-state index in [0.29, 0.717) is 5.56 Å². The Hall–Kier alpha value is -1.16. The van der Waals surface area contributed by atoms with E-state index < -0.39 is 9.84 Å². The Morgan fingerprint density at radius 3 is 2.17 bits per heavy atom. The van der Waals surface area contributed by atoms with Gasteiger partial charge in [-0.05, 0) is 25.3 Å². The van der Waals surface area contributed by atoms with E-state index in [1.165, 1.54) is 6.92 Å². The molecule has 18 heavy (non-hydrogen) atoms. The SMILES string of the molecule is CCS(=O)(=O)CC1(c2ccc(C(C)=O)cc2)CC1. The molecule has 98 valence electrons. The Balaban J connectivity index is 2.24. The lowest BCUT2D eigenvalue weighted by molar-refractivity contribution is 0.101. The average Bonchev–Trinajstić information content (AvgIpc) is 3.09. The van der Waals surface area contributed by atoms with Crippen LogP contribution in [0.1, 0.15) is 42.6 Å². The van der Waals surface area contributed by atoms with Gasteiger partial charge in [-0.3, -0.25) is 4.79 Å². The monoisotopic (exact) mass is 266 g/mol. The zero-order valence-electron chi connectivity index (χ0n) is 10.8. The highest BCUT2D eigenvalue weighted by Crippen LogP contribution is 2.49. The summed E-state index contributed by atoms with van der Waals surface area (Å²) < 4.78 is 23.5. The molecule has 0 atom stereocenters. The third-order valence-corrected chi connectivity index (χ3v) is 5.57. The standard InChI is InChI=1S/C14H18O3S/c1-3-18(16,17)10-14(8-9-14)13-6-4-12(5-7-13)11(2)15/h4-7H,3,8-10H2,1-2H3. The van der Waals surface area contributed by atoms with Crippen molar-refractivity contribution in [3.8, 4) is 0 Å². The smallest absolute Gasteiger partial charge is 0.159 e. The Bertz CT molecular complexity index is 551. The van der Waals surface area contributed by atoms with Crippen molar-refractivity contribution >= 4 is 15.6 Å². The van der Waals surface area contributed by atoms with Crippen LogP contribution in [0.15, 0.2) is 24.3 Å². The molecule has 1 aromatic carbocycles. The fraction of sp³-hybridized carbons (Fsp3) is 0.500. The largest absolute Gasteiger partial charge is 0.295 e. The first-order chi connectivity index (χ1) is 8.38. The predicted molar refractivity (Wildman–Crippen MR) is 71.7 cm³/mol. The van der Waals surface area contributed by atoms with Gasteiger partial charge >= 0.3 is 0 Å². The third kappa shape index (κ3) is 2.64. The van der Waals surface area contributed by atoms with Gasteiger partial charge in [0, 0.05) is 16.7 Å². The fourth-order valence-corrected chi connectivity index (χ4v) is 3.75. The maximum atomic E-state index is 11.7. The second-order valence-electron chi connectivity index (χ2n) is 5.09. The number of sulfone groups is 1. The van der Waals surface area contributed by atoms with E-state index in [4.69, 9.17) is 0 Å². The lowest BCUT2D eigenvalue weighted by Gasteiger charge is -2.15. The van der Waals surface area contributed by atoms with Gasteiger partial charge in [-0.25, -0.2) is 8.42 Å². The Morgan fingerprint density at radius 1 is 1.22 bits per heavy atom. The van der Waals surface area contributed by atoms with Crippen molar-refractivity contribution in [1.29, 1.82) is 0 Å². The number of ketones is 1. The minimum absolute atomic E-state index is 0.0348. The Labute approximate surface area is 108 Å². The Kier molecular flexibility index (Phi) is 3.32. The highest BCUT2D eigenvalue weighted by molar-refractivity contribution is 7.91. The van der Waals surface area contributed by atoms with E-state index in [9.17, 15) is 13.2 Å². The highest BCUT2D eigenvalue weighted by atomic mass is 32.2. The maximum absolute atomic E-state index is 11.7. The minimum atomic E-state index is -2.96. The van der Waals surface area contributed by atoms with E-state index in [1.54, 1.807) is 19.1 Å². The van der Waals surface area contributed by atoms with Crippen LogP contribution >= 0.6 is 0 Å². The van der Waals surface area contributed by atoms with Crippen LogP contribution in [-0.4, -0.2) is 25.7 Å². The highest BCUT2D eigenvalue weighted by Gasteiger charge is 2.47. The van der Waals surface area contributed by atoms with Gasteiger partial charge in [0.25, 0.3) is 0 Å². The van der Waals surface area contributed by atoms with Crippen LogP contribution in [0.5, 0.6) is 0 Å². The molecule has 2 rings (SSSR count). The lowest BCUT2D eigenvalue weighted by atomic mass is 9.96. The van der Waals surface area contributed by atoms with Gasteiger partial charge in [0.2, 0.25) is 0 Å². The van der Waals surface area contributed by atoms with Crippen molar-refractivity contribution in [2.75, 3.05) is 11.5 Å². The molecule has 3 nitrogen and oxygen atoms in total. The van der Waals surface area contributed by atoms with Crippen molar-refractivity contribution in [3.63, 3.8) is 0 Å². The third-order valence-electron chi connectivity index (χ3n) is 3.69. The molecular formula is C14H18O3S. The van der Waals surface area contributed by atoms with Gasteiger partial charge in [0.15, 0.2) is 15.6 Å². The van der Waals surface area contributed by atoms with Crippen LogP contribution in [0.2, 0.25) is 0 Å². The van der Waals surface area contributed by atoms with Gasteiger partial charge < -0.3 is 0 Å². The molecule has 0 aliphatic heterocycles. The van der Waals surface area contributed by atoms with Crippen molar-refractivity contribution < 1.29 is 13.2 Å².